The SMILES string of the molecule is Cc1nc([C@H](C)Cc2nccc(N3C(=O)OC[C@@H]3[C@H](C)F)n2)cn1-c1ccc(Cl)cc1. The van der Waals surface area contributed by atoms with E-state index < -0.39 is 18.3 Å². The molecule has 0 bridgehead atoms. The molecule has 162 valence electrons. The van der Waals surface area contributed by atoms with E-state index in [1.807, 2.05) is 48.9 Å². The van der Waals surface area contributed by atoms with Crippen LogP contribution >= 0.6 is 11.6 Å². The number of anilines is 1. The molecule has 2 aromatic heterocycles. The Kier molecular flexibility index (Phi) is 5.91. The van der Waals surface area contributed by atoms with Crippen molar-refractivity contribution < 1.29 is 13.9 Å². The number of carbonyl (C=O) groups excluding carboxylic acids is 1. The van der Waals surface area contributed by atoms with Crippen LogP contribution < -0.4 is 4.90 Å². The van der Waals surface area contributed by atoms with Crippen molar-refractivity contribution in [2.75, 3.05) is 11.5 Å². The van der Waals surface area contributed by atoms with Crippen LogP contribution in [0.2, 0.25) is 5.02 Å². The van der Waals surface area contributed by atoms with Crippen LogP contribution in [0.1, 0.15) is 37.1 Å². The van der Waals surface area contributed by atoms with Gasteiger partial charge in [0.1, 0.15) is 36.3 Å². The van der Waals surface area contributed by atoms with Crippen LogP contribution in [-0.4, -0.2) is 44.4 Å². The Morgan fingerprint density at radius 3 is 2.68 bits per heavy atom. The van der Waals surface area contributed by atoms with Crippen LogP contribution in [0.25, 0.3) is 5.69 Å². The third-order valence-corrected chi connectivity index (χ3v) is 5.63. The van der Waals surface area contributed by atoms with E-state index in [2.05, 4.69) is 9.97 Å². The van der Waals surface area contributed by atoms with Crippen molar-refractivity contribution in [2.45, 2.75) is 45.3 Å². The third kappa shape index (κ3) is 4.39. The van der Waals surface area contributed by atoms with Crippen molar-refractivity contribution in [3.05, 3.63) is 65.1 Å². The van der Waals surface area contributed by atoms with Gasteiger partial charge in [0, 0.05) is 35.4 Å². The molecule has 1 aliphatic heterocycles. The van der Waals surface area contributed by atoms with Crippen LogP contribution in [0, 0.1) is 6.92 Å². The number of carbonyl (C=O) groups is 1. The Morgan fingerprint density at radius 2 is 1.97 bits per heavy atom. The standard InChI is InChI=1S/C22H23ClFN5O2/c1-13(18-11-28(15(3)26-18)17-6-4-16(23)5-7-17)10-20-25-9-8-21(27-20)29-19(14(2)24)12-31-22(29)30/h4-9,11,13-14,19H,10,12H2,1-3H3/t13-,14+,19-/m1/s1. The fourth-order valence-corrected chi connectivity index (χ4v) is 3.76. The van der Waals surface area contributed by atoms with Gasteiger partial charge >= 0.3 is 6.09 Å². The van der Waals surface area contributed by atoms with Crippen molar-refractivity contribution in [2.24, 2.45) is 0 Å². The maximum atomic E-state index is 13.9. The second kappa shape index (κ2) is 8.63. The molecule has 0 unspecified atom stereocenters. The fourth-order valence-electron chi connectivity index (χ4n) is 3.63. The first-order valence-electron chi connectivity index (χ1n) is 10.1. The summed E-state index contributed by atoms with van der Waals surface area (Å²) in [6.45, 7) is 5.40. The Hall–Kier alpha value is -3.00. The number of cyclic esters (lactones) is 1. The molecule has 1 aromatic carbocycles. The summed E-state index contributed by atoms with van der Waals surface area (Å²) in [6, 6.07) is 8.47. The number of rotatable bonds is 6. The number of aryl methyl sites for hydroxylation is 1. The lowest BCUT2D eigenvalue weighted by atomic mass is 10.0. The number of amides is 1. The van der Waals surface area contributed by atoms with Gasteiger partial charge in [-0.3, -0.25) is 4.90 Å². The average molecular weight is 444 g/mol. The zero-order valence-electron chi connectivity index (χ0n) is 17.5. The number of aromatic nitrogens is 4. The van der Waals surface area contributed by atoms with E-state index in [4.69, 9.17) is 21.3 Å². The van der Waals surface area contributed by atoms with Gasteiger partial charge in [-0.1, -0.05) is 18.5 Å². The van der Waals surface area contributed by atoms with E-state index in [1.54, 1.807) is 12.3 Å². The molecule has 31 heavy (non-hydrogen) atoms. The lowest BCUT2D eigenvalue weighted by molar-refractivity contribution is 0.174. The van der Waals surface area contributed by atoms with Crippen LogP contribution in [0.3, 0.4) is 0 Å². The number of imidazole rings is 1. The highest BCUT2D eigenvalue weighted by atomic mass is 35.5. The van der Waals surface area contributed by atoms with Gasteiger partial charge in [0.05, 0.1) is 5.69 Å². The van der Waals surface area contributed by atoms with Gasteiger partial charge < -0.3 is 9.30 Å². The molecule has 0 N–H and O–H groups in total. The first kappa shape index (κ1) is 21.2. The second-order valence-electron chi connectivity index (χ2n) is 7.69. The monoisotopic (exact) mass is 443 g/mol. The van der Waals surface area contributed by atoms with Crippen LogP contribution in [0.4, 0.5) is 15.0 Å². The molecule has 1 aliphatic rings. The molecule has 1 fully saturated rings. The molecule has 0 saturated carbocycles. The molecule has 1 amide bonds. The summed E-state index contributed by atoms with van der Waals surface area (Å²) in [4.78, 5) is 26.9. The minimum absolute atomic E-state index is 0.00759. The fraction of sp³-hybridized carbons (Fsp3) is 0.364. The molecule has 1 saturated heterocycles. The minimum Gasteiger partial charge on any atom is -0.447 e. The number of halogens is 2. The third-order valence-electron chi connectivity index (χ3n) is 5.37. The van der Waals surface area contributed by atoms with Crippen molar-refractivity contribution in [1.29, 1.82) is 0 Å². The average Bonchev–Trinajstić information content (AvgIpc) is 3.32. The highest BCUT2D eigenvalue weighted by Crippen LogP contribution is 2.26. The van der Waals surface area contributed by atoms with E-state index in [-0.39, 0.29) is 12.5 Å². The molecule has 9 heteroatoms. The van der Waals surface area contributed by atoms with Gasteiger partial charge in [-0.25, -0.2) is 24.1 Å². The zero-order valence-corrected chi connectivity index (χ0v) is 18.3. The van der Waals surface area contributed by atoms with E-state index in [9.17, 15) is 9.18 Å². The summed E-state index contributed by atoms with van der Waals surface area (Å²) in [7, 11) is 0. The molecule has 0 spiro atoms. The zero-order chi connectivity index (χ0) is 22.1. The maximum Gasteiger partial charge on any atom is 0.416 e. The Bertz CT molecular complexity index is 1090. The largest absolute Gasteiger partial charge is 0.447 e. The molecule has 0 radical (unpaired) electrons. The number of ether oxygens (including phenoxy) is 1. The summed E-state index contributed by atoms with van der Waals surface area (Å²) in [6.07, 6.45) is 2.26. The Morgan fingerprint density at radius 1 is 1.23 bits per heavy atom. The molecular weight excluding hydrogens is 421 g/mol. The van der Waals surface area contributed by atoms with Crippen molar-refractivity contribution in [1.82, 2.24) is 19.5 Å². The van der Waals surface area contributed by atoms with Crippen LogP contribution in [0.15, 0.2) is 42.7 Å². The van der Waals surface area contributed by atoms with Crippen molar-refractivity contribution >= 4 is 23.5 Å². The second-order valence-corrected chi connectivity index (χ2v) is 8.12. The van der Waals surface area contributed by atoms with E-state index in [1.165, 1.54) is 11.8 Å². The molecule has 4 rings (SSSR count). The number of nitrogens with zero attached hydrogens (tertiary/aromatic N) is 5. The summed E-state index contributed by atoms with van der Waals surface area (Å²) in [5.74, 6) is 1.79. The molecule has 0 aliphatic carbocycles. The predicted molar refractivity (Wildman–Crippen MR) is 116 cm³/mol. The van der Waals surface area contributed by atoms with E-state index in [0.717, 1.165) is 17.2 Å². The first-order chi connectivity index (χ1) is 14.8. The molecule has 7 nitrogen and oxygen atoms in total. The summed E-state index contributed by atoms with van der Waals surface area (Å²) in [5.41, 5.74) is 1.88. The van der Waals surface area contributed by atoms with Gasteiger partial charge in [0.15, 0.2) is 0 Å². The normalized spacial score (nSPS) is 18.2. The van der Waals surface area contributed by atoms with Gasteiger partial charge in [0.2, 0.25) is 0 Å². The smallest absolute Gasteiger partial charge is 0.416 e. The van der Waals surface area contributed by atoms with Gasteiger partial charge in [-0.05, 0) is 44.2 Å². The van der Waals surface area contributed by atoms with Crippen molar-refractivity contribution in [3.8, 4) is 5.69 Å². The van der Waals surface area contributed by atoms with Gasteiger partial charge in [-0.2, -0.15) is 0 Å². The topological polar surface area (TPSA) is 73.1 Å². The van der Waals surface area contributed by atoms with E-state index in [0.29, 0.717) is 23.1 Å². The van der Waals surface area contributed by atoms with Crippen LogP contribution in [0.5, 0.6) is 0 Å². The molecule has 3 aromatic rings. The molecular formula is C22H23ClFN5O2. The quantitative estimate of drug-likeness (QED) is 0.554. The number of hydrogen-bond donors (Lipinski definition) is 0. The summed E-state index contributed by atoms with van der Waals surface area (Å²) < 4.78 is 20.9. The number of alkyl halides is 1. The number of benzene rings is 1. The Balaban J connectivity index is 1.54. The van der Waals surface area contributed by atoms with Crippen molar-refractivity contribution in [3.63, 3.8) is 0 Å². The maximum absolute atomic E-state index is 13.9. The lowest BCUT2D eigenvalue weighted by Crippen LogP contribution is -2.39. The highest BCUT2D eigenvalue weighted by Gasteiger charge is 2.39. The molecule has 3 heterocycles. The summed E-state index contributed by atoms with van der Waals surface area (Å²) in [5, 5.41) is 0.679. The predicted octanol–water partition coefficient (Wildman–Crippen LogP) is 4.65. The van der Waals surface area contributed by atoms with E-state index >= 15 is 0 Å². The summed E-state index contributed by atoms with van der Waals surface area (Å²) >= 11 is 5.99. The molecule has 3 atom stereocenters. The van der Waals surface area contributed by atoms with Gasteiger partial charge in [-0.15, -0.1) is 0 Å². The van der Waals surface area contributed by atoms with Crippen LogP contribution in [-0.2, 0) is 11.2 Å². The highest BCUT2D eigenvalue weighted by molar-refractivity contribution is 6.30. The first-order valence-corrected chi connectivity index (χ1v) is 10.4. The van der Waals surface area contributed by atoms with Gasteiger partial charge in [0.25, 0.3) is 0 Å². The number of hydrogen-bond acceptors (Lipinski definition) is 5. The minimum atomic E-state index is -1.23. The Labute approximate surface area is 184 Å². The lowest BCUT2D eigenvalue weighted by Gasteiger charge is -2.21.